The van der Waals surface area contributed by atoms with Gasteiger partial charge in [-0.25, -0.2) is 23.2 Å². The molecule has 0 bridgehead atoms. The first-order valence-corrected chi connectivity index (χ1v) is 11.4. The molecule has 0 aliphatic carbocycles. The number of piperidine rings is 1. The van der Waals surface area contributed by atoms with E-state index >= 15 is 0 Å². The van der Waals surface area contributed by atoms with Gasteiger partial charge in [-0.05, 0) is 17.5 Å². The molecule has 5 nitrogen and oxygen atoms in total. The second kappa shape index (κ2) is 10.1. The Kier molecular flexibility index (Phi) is 7.55. The molecule has 1 aliphatic rings. The first kappa shape index (κ1) is 21.6. The molecule has 0 radical (unpaired) electrons. The van der Waals surface area contributed by atoms with Crippen LogP contribution in [-0.4, -0.2) is 13.1 Å². The summed E-state index contributed by atoms with van der Waals surface area (Å²) in [6, 6.07) is 26.2. The molecule has 0 N–H and O–H groups in total. The molecule has 1 aliphatic heterocycles. The number of nitrogens with zero attached hydrogens (tertiary/aromatic N) is 1. The molecule has 152 valence electrons. The average Bonchev–Trinajstić information content (AvgIpc) is 2.74. The molecule has 0 amide bonds. The van der Waals surface area contributed by atoms with Gasteiger partial charge in [-0.3, -0.25) is 0 Å². The number of halogens is 1. The highest BCUT2D eigenvalue weighted by Crippen LogP contribution is 2.30. The van der Waals surface area contributed by atoms with E-state index in [4.69, 9.17) is 18.6 Å². The lowest BCUT2D eigenvalue weighted by atomic mass is 10.1. The topological polar surface area (TPSA) is 95.2 Å². The maximum Gasteiger partial charge on any atom is 0.202 e. The number of rotatable bonds is 2. The Morgan fingerprint density at radius 1 is 0.655 bits per heavy atom. The maximum absolute atomic E-state index is 8.49. The molecular formula is C22H22ClNO4S. The SMILES string of the molecule is [O-][Cl+3]([O-])([O-])[O-].c1ccc(-c2cc(=[N+]3CCCCC3)cc(-c3ccccc3)s2)cc1. The van der Waals surface area contributed by atoms with Crippen molar-refractivity contribution >= 4 is 11.3 Å². The summed E-state index contributed by atoms with van der Waals surface area (Å²) in [5.41, 5.74) is 2.61. The fraction of sp³-hybridized carbons (Fsp3) is 0.227. The highest BCUT2D eigenvalue weighted by atomic mass is 35.7. The maximum atomic E-state index is 8.49. The van der Waals surface area contributed by atoms with Crippen molar-refractivity contribution in [1.29, 1.82) is 0 Å². The van der Waals surface area contributed by atoms with E-state index in [0.717, 1.165) is 0 Å². The van der Waals surface area contributed by atoms with E-state index in [1.54, 1.807) is 0 Å². The molecule has 0 saturated carbocycles. The van der Waals surface area contributed by atoms with Crippen molar-refractivity contribution in [3.8, 4) is 20.9 Å². The van der Waals surface area contributed by atoms with Gasteiger partial charge >= 0.3 is 0 Å². The van der Waals surface area contributed by atoms with Crippen molar-refractivity contribution in [3.63, 3.8) is 0 Å². The summed E-state index contributed by atoms with van der Waals surface area (Å²) in [5, 5.41) is 1.37. The van der Waals surface area contributed by atoms with Crippen LogP contribution >= 0.6 is 11.3 Å². The Balaban J connectivity index is 0.000000431. The summed E-state index contributed by atoms with van der Waals surface area (Å²) >= 11 is 1.88. The van der Waals surface area contributed by atoms with Gasteiger partial charge in [-0.1, -0.05) is 60.7 Å². The largest absolute Gasteiger partial charge is 0.230 e. The molecule has 1 fully saturated rings. The van der Waals surface area contributed by atoms with Crippen molar-refractivity contribution in [3.05, 3.63) is 78.2 Å². The van der Waals surface area contributed by atoms with Crippen LogP contribution in [0.4, 0.5) is 0 Å². The van der Waals surface area contributed by atoms with Gasteiger partial charge in [0, 0.05) is 34.7 Å². The third-order valence-corrected chi connectivity index (χ3v) is 5.76. The zero-order chi connectivity index (χ0) is 20.7. The van der Waals surface area contributed by atoms with Crippen LogP contribution in [0, 0.1) is 10.2 Å². The molecule has 2 heterocycles. The van der Waals surface area contributed by atoms with E-state index < -0.39 is 10.2 Å². The summed E-state index contributed by atoms with van der Waals surface area (Å²) in [6.07, 6.45) is 3.97. The first-order chi connectivity index (χ1) is 13.9. The molecule has 0 spiro atoms. The van der Waals surface area contributed by atoms with E-state index in [1.807, 2.05) is 11.3 Å². The van der Waals surface area contributed by atoms with Crippen LogP contribution in [0.25, 0.3) is 20.9 Å². The van der Waals surface area contributed by atoms with Gasteiger partial charge in [0.15, 0.2) is 0 Å². The van der Waals surface area contributed by atoms with E-state index in [1.165, 1.54) is 58.6 Å². The van der Waals surface area contributed by atoms with Crippen molar-refractivity contribution in [2.45, 2.75) is 19.3 Å². The van der Waals surface area contributed by atoms with Gasteiger partial charge in [-0.2, -0.15) is 0 Å². The quantitative estimate of drug-likeness (QED) is 0.544. The summed E-state index contributed by atoms with van der Waals surface area (Å²) in [7, 11) is -4.94. The molecular weight excluding hydrogens is 410 g/mol. The molecule has 1 aromatic heterocycles. The van der Waals surface area contributed by atoms with Crippen molar-refractivity contribution < 1.29 is 28.9 Å². The van der Waals surface area contributed by atoms with Crippen LogP contribution in [0.1, 0.15) is 19.3 Å². The summed E-state index contributed by atoms with van der Waals surface area (Å²) in [5.74, 6) is 0. The Labute approximate surface area is 176 Å². The lowest BCUT2D eigenvalue weighted by Crippen LogP contribution is -2.68. The zero-order valence-corrected chi connectivity index (χ0v) is 17.4. The molecule has 7 heteroatoms. The third kappa shape index (κ3) is 7.04. The monoisotopic (exact) mass is 431 g/mol. The summed E-state index contributed by atoms with van der Waals surface area (Å²) < 4.78 is 36.5. The van der Waals surface area contributed by atoms with E-state index in [-0.39, 0.29) is 0 Å². The van der Waals surface area contributed by atoms with Gasteiger partial charge in [0.25, 0.3) is 0 Å². The second-order valence-corrected chi connectivity index (χ2v) is 8.54. The Hall–Kier alpha value is -2.06. The molecule has 29 heavy (non-hydrogen) atoms. The van der Waals surface area contributed by atoms with E-state index in [2.05, 4.69) is 77.4 Å². The number of hydrogen-bond acceptors (Lipinski definition) is 5. The fourth-order valence-electron chi connectivity index (χ4n) is 3.31. The molecule has 4 rings (SSSR count). The standard InChI is InChI=1S/C22H22NS.ClHO4/c1-4-10-18(11-5-1)21-16-20(23-14-8-3-9-15-23)17-22(24-21)19-12-6-2-7-13-19;2-1(3,4)5/h1-2,4-7,10-13,16-17H,3,8-9,14-15H2;(H,2,3,4,5)/q+1;/p-1. The van der Waals surface area contributed by atoms with Gasteiger partial charge in [0.05, 0.1) is 0 Å². The normalized spacial score (nSPS) is 14.1. The first-order valence-electron chi connectivity index (χ1n) is 9.36. The molecule has 0 atom stereocenters. The van der Waals surface area contributed by atoms with Crippen LogP contribution < -0.4 is 28.6 Å². The third-order valence-electron chi connectivity index (χ3n) is 4.62. The predicted octanol–water partition coefficient (Wildman–Crippen LogP) is 0.282. The summed E-state index contributed by atoms with van der Waals surface area (Å²) in [6.45, 7) is 2.36. The number of hydrogen-bond donors (Lipinski definition) is 0. The van der Waals surface area contributed by atoms with E-state index in [9.17, 15) is 0 Å². The minimum absolute atomic E-state index is 1.18. The fourth-order valence-corrected chi connectivity index (χ4v) is 4.42. The van der Waals surface area contributed by atoms with Crippen molar-refractivity contribution in [2.24, 2.45) is 0 Å². The van der Waals surface area contributed by atoms with Gasteiger partial charge in [-0.15, -0.1) is 21.6 Å². The van der Waals surface area contributed by atoms with Crippen LogP contribution in [0.2, 0.25) is 0 Å². The zero-order valence-electron chi connectivity index (χ0n) is 15.8. The Bertz CT molecular complexity index is 910. The van der Waals surface area contributed by atoms with Gasteiger partial charge in [0.2, 0.25) is 5.36 Å². The lowest BCUT2D eigenvalue weighted by molar-refractivity contribution is -2.00. The second-order valence-electron chi connectivity index (χ2n) is 6.70. The van der Waals surface area contributed by atoms with Gasteiger partial charge < -0.3 is 0 Å². The van der Waals surface area contributed by atoms with Crippen LogP contribution in [-0.2, 0) is 0 Å². The highest BCUT2D eigenvalue weighted by Gasteiger charge is 2.14. The molecule has 1 saturated heterocycles. The summed E-state index contributed by atoms with van der Waals surface area (Å²) in [4.78, 5) is 2.69. The van der Waals surface area contributed by atoms with E-state index in [0.29, 0.717) is 0 Å². The van der Waals surface area contributed by atoms with Gasteiger partial charge in [0.1, 0.15) is 13.1 Å². The predicted molar refractivity (Wildman–Crippen MR) is 104 cm³/mol. The molecule has 0 unspecified atom stereocenters. The molecule has 2 aromatic carbocycles. The van der Waals surface area contributed by atoms with Crippen LogP contribution in [0.5, 0.6) is 0 Å². The smallest absolute Gasteiger partial charge is 0.202 e. The van der Waals surface area contributed by atoms with Crippen LogP contribution in [0.3, 0.4) is 0 Å². The molecule has 3 aromatic rings. The lowest BCUT2D eigenvalue weighted by Gasteiger charge is -2.17. The highest BCUT2D eigenvalue weighted by molar-refractivity contribution is 7.18. The Morgan fingerprint density at radius 2 is 1.07 bits per heavy atom. The minimum Gasteiger partial charge on any atom is -0.230 e. The number of benzene rings is 2. The average molecular weight is 432 g/mol. The van der Waals surface area contributed by atoms with Crippen molar-refractivity contribution in [1.82, 2.24) is 4.58 Å². The minimum atomic E-state index is -4.94. The van der Waals surface area contributed by atoms with Crippen LogP contribution in [0.15, 0.2) is 72.8 Å². The Morgan fingerprint density at radius 3 is 1.48 bits per heavy atom. The van der Waals surface area contributed by atoms with Crippen molar-refractivity contribution in [2.75, 3.05) is 13.1 Å².